The number of nitrogen functional groups attached to an aromatic ring is 1. The van der Waals surface area contributed by atoms with Crippen LogP contribution in [-0.2, 0) is 0 Å². The summed E-state index contributed by atoms with van der Waals surface area (Å²) in [4.78, 5) is 17.4. The summed E-state index contributed by atoms with van der Waals surface area (Å²) < 4.78 is 0. The fourth-order valence-electron chi connectivity index (χ4n) is 3.16. The number of hydrogen-bond donors (Lipinski definition) is 2. The van der Waals surface area contributed by atoms with E-state index in [9.17, 15) is 4.79 Å². The van der Waals surface area contributed by atoms with Crippen molar-refractivity contribution in [3.63, 3.8) is 0 Å². The predicted molar refractivity (Wildman–Crippen MR) is 109 cm³/mol. The van der Waals surface area contributed by atoms with E-state index in [1.807, 2.05) is 31.2 Å². The smallest absolute Gasteiger partial charge is 0.255 e. The minimum atomic E-state index is -0.189. The number of carbonyl (C=O) groups is 1. The van der Waals surface area contributed by atoms with Crippen molar-refractivity contribution < 1.29 is 4.79 Å². The highest BCUT2D eigenvalue weighted by Crippen LogP contribution is 2.30. The summed E-state index contributed by atoms with van der Waals surface area (Å²) >= 11 is 6.15. The van der Waals surface area contributed by atoms with Gasteiger partial charge in [0.2, 0.25) is 0 Å². The Labute approximate surface area is 159 Å². The van der Waals surface area contributed by atoms with E-state index < -0.39 is 0 Å². The molecule has 3 rings (SSSR count). The third kappa shape index (κ3) is 4.11. The topological polar surface area (TPSA) is 61.6 Å². The van der Waals surface area contributed by atoms with Gasteiger partial charge in [-0.15, -0.1) is 0 Å². The van der Waals surface area contributed by atoms with Crippen LogP contribution in [0.5, 0.6) is 0 Å². The molecule has 1 aliphatic heterocycles. The van der Waals surface area contributed by atoms with Crippen molar-refractivity contribution in [3.05, 3.63) is 52.5 Å². The SMILES string of the molecule is CCN1CCN(c2ccc(N)cc2NC(=O)c2ccc(C)c(Cl)c2)CC1. The quantitative estimate of drug-likeness (QED) is 0.804. The number of benzene rings is 2. The fraction of sp³-hybridized carbons (Fsp3) is 0.350. The van der Waals surface area contributed by atoms with Crippen LogP contribution in [0.15, 0.2) is 36.4 Å². The van der Waals surface area contributed by atoms with Gasteiger partial charge in [-0.1, -0.05) is 24.6 Å². The van der Waals surface area contributed by atoms with Crippen LogP contribution in [0.25, 0.3) is 0 Å². The molecule has 0 atom stereocenters. The van der Waals surface area contributed by atoms with E-state index in [1.165, 1.54) is 0 Å². The van der Waals surface area contributed by atoms with Gasteiger partial charge in [0.25, 0.3) is 5.91 Å². The number of nitrogens with two attached hydrogens (primary N) is 1. The van der Waals surface area contributed by atoms with Crippen LogP contribution in [-0.4, -0.2) is 43.5 Å². The highest BCUT2D eigenvalue weighted by atomic mass is 35.5. The fourth-order valence-corrected chi connectivity index (χ4v) is 3.34. The van der Waals surface area contributed by atoms with Gasteiger partial charge >= 0.3 is 0 Å². The molecule has 0 bridgehead atoms. The van der Waals surface area contributed by atoms with Gasteiger partial charge in [-0.05, 0) is 49.4 Å². The number of carbonyl (C=O) groups excluding carboxylic acids is 1. The van der Waals surface area contributed by atoms with Crippen LogP contribution in [0.1, 0.15) is 22.8 Å². The number of aryl methyl sites for hydroxylation is 1. The van der Waals surface area contributed by atoms with Gasteiger partial charge in [-0.2, -0.15) is 0 Å². The first-order valence-electron chi connectivity index (χ1n) is 8.92. The van der Waals surface area contributed by atoms with E-state index in [0.29, 0.717) is 16.3 Å². The Bertz CT molecular complexity index is 800. The highest BCUT2D eigenvalue weighted by Gasteiger charge is 2.19. The second kappa shape index (κ2) is 7.98. The van der Waals surface area contributed by atoms with Crippen LogP contribution < -0.4 is 16.0 Å². The molecular weight excluding hydrogens is 348 g/mol. The minimum absolute atomic E-state index is 0.189. The maximum Gasteiger partial charge on any atom is 0.255 e. The largest absolute Gasteiger partial charge is 0.399 e. The van der Waals surface area contributed by atoms with Gasteiger partial charge < -0.3 is 20.9 Å². The monoisotopic (exact) mass is 372 g/mol. The molecule has 1 fully saturated rings. The lowest BCUT2D eigenvalue weighted by molar-refractivity contribution is 0.102. The summed E-state index contributed by atoms with van der Waals surface area (Å²) in [5.74, 6) is -0.189. The van der Waals surface area contributed by atoms with Crippen molar-refractivity contribution in [2.75, 3.05) is 48.7 Å². The molecule has 0 radical (unpaired) electrons. The molecule has 3 N–H and O–H groups in total. The Morgan fingerprint density at radius 3 is 2.54 bits per heavy atom. The zero-order valence-electron chi connectivity index (χ0n) is 15.3. The van der Waals surface area contributed by atoms with Crippen LogP contribution >= 0.6 is 11.6 Å². The van der Waals surface area contributed by atoms with E-state index in [4.69, 9.17) is 17.3 Å². The molecule has 1 saturated heterocycles. The molecule has 1 heterocycles. The molecule has 1 aliphatic rings. The number of rotatable bonds is 4. The van der Waals surface area contributed by atoms with Crippen LogP contribution in [0, 0.1) is 6.92 Å². The number of anilines is 3. The first-order chi connectivity index (χ1) is 12.5. The molecule has 26 heavy (non-hydrogen) atoms. The second-order valence-corrected chi connectivity index (χ2v) is 7.02. The standard InChI is InChI=1S/C20H25ClN4O/c1-3-24-8-10-25(11-9-24)19-7-6-16(22)13-18(19)23-20(26)15-5-4-14(2)17(21)12-15/h4-7,12-13H,3,8-11,22H2,1-2H3,(H,23,26). The van der Waals surface area contributed by atoms with Crippen molar-refractivity contribution in [2.24, 2.45) is 0 Å². The molecule has 0 saturated carbocycles. The molecule has 5 nitrogen and oxygen atoms in total. The van der Waals surface area contributed by atoms with Gasteiger partial charge in [0, 0.05) is 42.5 Å². The zero-order valence-corrected chi connectivity index (χ0v) is 16.0. The molecule has 0 spiro atoms. The third-order valence-electron chi connectivity index (χ3n) is 4.86. The molecule has 6 heteroatoms. The molecular formula is C20H25ClN4O. The van der Waals surface area contributed by atoms with E-state index >= 15 is 0 Å². The van der Waals surface area contributed by atoms with Crippen molar-refractivity contribution in [1.82, 2.24) is 4.90 Å². The average Bonchev–Trinajstić information content (AvgIpc) is 2.64. The van der Waals surface area contributed by atoms with Crippen molar-refractivity contribution in [2.45, 2.75) is 13.8 Å². The molecule has 0 unspecified atom stereocenters. The predicted octanol–water partition coefficient (Wildman–Crippen LogP) is 3.62. The normalized spacial score (nSPS) is 15.1. The zero-order chi connectivity index (χ0) is 18.7. The summed E-state index contributed by atoms with van der Waals surface area (Å²) in [5.41, 5.74) is 9.80. The number of nitrogens with one attached hydrogen (secondary N) is 1. The maximum atomic E-state index is 12.7. The Hall–Kier alpha value is -2.24. The summed E-state index contributed by atoms with van der Waals surface area (Å²) in [7, 11) is 0. The van der Waals surface area contributed by atoms with Crippen LogP contribution in [0.3, 0.4) is 0 Å². The minimum Gasteiger partial charge on any atom is -0.399 e. The number of hydrogen-bond acceptors (Lipinski definition) is 4. The number of amides is 1. The van der Waals surface area contributed by atoms with Crippen molar-refractivity contribution in [3.8, 4) is 0 Å². The second-order valence-electron chi connectivity index (χ2n) is 6.62. The van der Waals surface area contributed by atoms with Crippen LogP contribution in [0.2, 0.25) is 5.02 Å². The van der Waals surface area contributed by atoms with Crippen molar-refractivity contribution in [1.29, 1.82) is 0 Å². The number of nitrogens with zero attached hydrogens (tertiary/aromatic N) is 2. The molecule has 2 aromatic carbocycles. The highest BCUT2D eigenvalue weighted by molar-refractivity contribution is 6.31. The number of piperazine rings is 1. The van der Waals surface area contributed by atoms with Crippen molar-refractivity contribution >= 4 is 34.6 Å². The number of halogens is 1. The summed E-state index contributed by atoms with van der Waals surface area (Å²) in [6, 6.07) is 11.0. The van der Waals surface area contributed by atoms with Gasteiger partial charge in [0.15, 0.2) is 0 Å². The van der Waals surface area contributed by atoms with Gasteiger partial charge in [0.05, 0.1) is 11.4 Å². The Kier molecular flexibility index (Phi) is 5.69. The summed E-state index contributed by atoms with van der Waals surface area (Å²) in [5, 5.41) is 3.59. The first kappa shape index (κ1) is 18.5. The number of likely N-dealkylation sites (N-methyl/N-ethyl adjacent to an activating group) is 1. The average molecular weight is 373 g/mol. The molecule has 1 amide bonds. The summed E-state index contributed by atoms with van der Waals surface area (Å²) in [6.07, 6.45) is 0. The van der Waals surface area contributed by atoms with Gasteiger partial charge in [-0.3, -0.25) is 4.79 Å². The van der Waals surface area contributed by atoms with E-state index in [-0.39, 0.29) is 5.91 Å². The maximum absolute atomic E-state index is 12.7. The van der Waals surface area contributed by atoms with E-state index in [0.717, 1.165) is 49.7 Å². The lowest BCUT2D eigenvalue weighted by Gasteiger charge is -2.36. The summed E-state index contributed by atoms with van der Waals surface area (Å²) in [6.45, 7) is 9.04. The molecule has 138 valence electrons. The van der Waals surface area contributed by atoms with E-state index in [2.05, 4.69) is 22.0 Å². The third-order valence-corrected chi connectivity index (χ3v) is 5.27. The lowest BCUT2D eigenvalue weighted by atomic mass is 10.1. The van der Waals surface area contributed by atoms with Crippen LogP contribution in [0.4, 0.5) is 17.1 Å². The Balaban J connectivity index is 1.81. The first-order valence-corrected chi connectivity index (χ1v) is 9.30. The van der Waals surface area contributed by atoms with E-state index in [1.54, 1.807) is 12.1 Å². The lowest BCUT2D eigenvalue weighted by Crippen LogP contribution is -2.46. The molecule has 2 aromatic rings. The molecule has 0 aliphatic carbocycles. The van der Waals surface area contributed by atoms with Gasteiger partial charge in [0.1, 0.15) is 0 Å². The Morgan fingerprint density at radius 1 is 1.15 bits per heavy atom. The Morgan fingerprint density at radius 2 is 1.88 bits per heavy atom. The molecule has 0 aromatic heterocycles. The van der Waals surface area contributed by atoms with Gasteiger partial charge in [-0.25, -0.2) is 0 Å².